The van der Waals surface area contributed by atoms with Gasteiger partial charge in [0.25, 0.3) is 0 Å². The smallest absolute Gasteiger partial charge is 0.160 e. The third-order valence-electron chi connectivity index (χ3n) is 2.64. The van der Waals surface area contributed by atoms with Crippen LogP contribution in [0.3, 0.4) is 0 Å². The van der Waals surface area contributed by atoms with Crippen LogP contribution in [0.25, 0.3) is 0 Å². The van der Waals surface area contributed by atoms with Gasteiger partial charge in [0.1, 0.15) is 0 Å². The summed E-state index contributed by atoms with van der Waals surface area (Å²) in [6.07, 6.45) is 0. The number of hydrogen-bond acceptors (Lipinski definition) is 3. The van der Waals surface area contributed by atoms with Crippen LogP contribution in [0.4, 0.5) is 14.5 Å². The summed E-state index contributed by atoms with van der Waals surface area (Å²) in [7, 11) is 0. The minimum Gasteiger partial charge on any atom is -0.372 e. The molecule has 2 rings (SSSR count). The summed E-state index contributed by atoms with van der Waals surface area (Å²) >= 11 is 0. The highest BCUT2D eigenvalue weighted by Gasteiger charge is 2.09. The van der Waals surface area contributed by atoms with E-state index < -0.39 is 11.6 Å². The van der Waals surface area contributed by atoms with Crippen molar-refractivity contribution in [2.45, 2.75) is 0 Å². The largest absolute Gasteiger partial charge is 0.372 e. The fourth-order valence-corrected chi connectivity index (χ4v) is 1.68. The van der Waals surface area contributed by atoms with Gasteiger partial charge in [-0.3, -0.25) is 4.90 Å². The van der Waals surface area contributed by atoms with Crippen LogP contribution in [0.1, 0.15) is 0 Å². The molecule has 0 aliphatic carbocycles. The average molecular weight is 227 g/mol. The molecule has 1 heterocycles. The van der Waals surface area contributed by atoms with E-state index in [1.165, 1.54) is 6.07 Å². The zero-order valence-electron chi connectivity index (χ0n) is 8.97. The first kappa shape index (κ1) is 11.3. The average Bonchev–Trinajstić information content (AvgIpc) is 2.32. The van der Waals surface area contributed by atoms with Crippen LogP contribution in [-0.2, 0) is 0 Å². The first-order chi connectivity index (χ1) is 7.75. The Hall–Kier alpha value is -1.20. The van der Waals surface area contributed by atoms with Gasteiger partial charge in [0.2, 0.25) is 0 Å². The minimum absolute atomic E-state index is 0.609. The Labute approximate surface area is 93.4 Å². The van der Waals surface area contributed by atoms with Gasteiger partial charge in [-0.15, -0.1) is 0 Å². The summed E-state index contributed by atoms with van der Waals surface area (Å²) in [6, 6.07) is 3.85. The molecule has 0 saturated carbocycles. The van der Waals surface area contributed by atoms with Gasteiger partial charge in [-0.2, -0.15) is 0 Å². The molecule has 16 heavy (non-hydrogen) atoms. The van der Waals surface area contributed by atoms with Gasteiger partial charge in [0.05, 0.1) is 6.67 Å². The number of halogens is 2. The molecular formula is C11H15F2N3. The first-order valence-corrected chi connectivity index (χ1v) is 5.38. The van der Waals surface area contributed by atoms with Gasteiger partial charge in [0, 0.05) is 37.9 Å². The second kappa shape index (κ2) is 5.23. The maximum Gasteiger partial charge on any atom is 0.160 e. The maximum atomic E-state index is 12.9. The SMILES string of the molecule is Fc1ccc(NCN2CCNCC2)cc1F. The summed E-state index contributed by atoms with van der Waals surface area (Å²) in [4.78, 5) is 2.22. The molecule has 1 saturated heterocycles. The summed E-state index contributed by atoms with van der Waals surface area (Å²) in [5, 5.41) is 6.32. The van der Waals surface area contributed by atoms with E-state index >= 15 is 0 Å². The Bertz CT molecular complexity index is 351. The molecule has 88 valence electrons. The van der Waals surface area contributed by atoms with Crippen LogP contribution in [0, 0.1) is 11.6 Å². The van der Waals surface area contributed by atoms with E-state index in [1.807, 2.05) is 0 Å². The van der Waals surface area contributed by atoms with Crippen molar-refractivity contribution in [2.75, 3.05) is 38.2 Å². The number of benzene rings is 1. The van der Waals surface area contributed by atoms with Gasteiger partial charge in [-0.1, -0.05) is 0 Å². The quantitative estimate of drug-likeness (QED) is 0.813. The molecule has 1 aromatic rings. The van der Waals surface area contributed by atoms with E-state index in [0.29, 0.717) is 12.4 Å². The monoisotopic (exact) mass is 227 g/mol. The third kappa shape index (κ3) is 2.90. The summed E-state index contributed by atoms with van der Waals surface area (Å²) in [5.74, 6) is -1.63. The number of anilines is 1. The van der Waals surface area contributed by atoms with Crippen LogP contribution in [0.2, 0.25) is 0 Å². The molecule has 0 spiro atoms. The lowest BCUT2D eigenvalue weighted by molar-refractivity contribution is 0.256. The van der Waals surface area contributed by atoms with E-state index in [0.717, 1.165) is 32.2 Å². The Balaban J connectivity index is 1.86. The third-order valence-corrected chi connectivity index (χ3v) is 2.64. The van der Waals surface area contributed by atoms with E-state index in [9.17, 15) is 8.78 Å². The Morgan fingerprint density at radius 2 is 1.94 bits per heavy atom. The molecule has 1 fully saturated rings. The van der Waals surface area contributed by atoms with Crippen molar-refractivity contribution in [1.29, 1.82) is 0 Å². The fourth-order valence-electron chi connectivity index (χ4n) is 1.68. The number of piperazine rings is 1. The molecule has 0 aromatic heterocycles. The van der Waals surface area contributed by atoms with E-state index in [2.05, 4.69) is 15.5 Å². The molecule has 0 unspecified atom stereocenters. The Morgan fingerprint density at radius 1 is 1.19 bits per heavy atom. The highest BCUT2D eigenvalue weighted by Crippen LogP contribution is 2.12. The van der Waals surface area contributed by atoms with Crippen molar-refractivity contribution in [1.82, 2.24) is 10.2 Å². The molecule has 0 bridgehead atoms. The number of hydrogen-bond donors (Lipinski definition) is 2. The molecule has 1 aromatic carbocycles. The lowest BCUT2D eigenvalue weighted by Gasteiger charge is -2.27. The van der Waals surface area contributed by atoms with Crippen molar-refractivity contribution in [3.8, 4) is 0 Å². The zero-order valence-corrected chi connectivity index (χ0v) is 8.97. The van der Waals surface area contributed by atoms with E-state index in [-0.39, 0.29) is 0 Å². The molecule has 3 nitrogen and oxygen atoms in total. The van der Waals surface area contributed by atoms with E-state index in [4.69, 9.17) is 0 Å². The Morgan fingerprint density at radius 3 is 2.62 bits per heavy atom. The van der Waals surface area contributed by atoms with Gasteiger partial charge in [-0.05, 0) is 12.1 Å². The second-order valence-electron chi connectivity index (χ2n) is 3.83. The molecule has 1 aliphatic rings. The van der Waals surface area contributed by atoms with Crippen LogP contribution in [0.5, 0.6) is 0 Å². The molecule has 2 N–H and O–H groups in total. The predicted octanol–water partition coefficient (Wildman–Crippen LogP) is 1.24. The highest BCUT2D eigenvalue weighted by atomic mass is 19.2. The molecule has 0 atom stereocenters. The normalized spacial score (nSPS) is 17.4. The summed E-state index contributed by atoms with van der Waals surface area (Å²) < 4.78 is 25.6. The van der Waals surface area contributed by atoms with Crippen LogP contribution in [-0.4, -0.2) is 37.7 Å². The van der Waals surface area contributed by atoms with Gasteiger partial charge in [-0.25, -0.2) is 8.78 Å². The number of rotatable bonds is 3. The standard InChI is InChI=1S/C11H15F2N3/c12-10-2-1-9(7-11(10)13)15-8-16-5-3-14-4-6-16/h1-2,7,14-15H,3-6,8H2. The molecular weight excluding hydrogens is 212 g/mol. The lowest BCUT2D eigenvalue weighted by atomic mass is 10.3. The van der Waals surface area contributed by atoms with Crippen molar-refractivity contribution in [2.24, 2.45) is 0 Å². The van der Waals surface area contributed by atoms with Gasteiger partial charge < -0.3 is 10.6 Å². The van der Waals surface area contributed by atoms with Crippen LogP contribution in [0.15, 0.2) is 18.2 Å². The highest BCUT2D eigenvalue weighted by molar-refractivity contribution is 5.43. The number of nitrogens with zero attached hydrogens (tertiary/aromatic N) is 1. The summed E-state index contributed by atoms with van der Waals surface area (Å²) in [5.41, 5.74) is 0.609. The summed E-state index contributed by atoms with van der Waals surface area (Å²) in [6.45, 7) is 4.54. The minimum atomic E-state index is -0.815. The molecule has 0 amide bonds. The van der Waals surface area contributed by atoms with Crippen LogP contribution >= 0.6 is 0 Å². The van der Waals surface area contributed by atoms with Crippen molar-refractivity contribution in [3.05, 3.63) is 29.8 Å². The topological polar surface area (TPSA) is 27.3 Å². The van der Waals surface area contributed by atoms with Crippen LogP contribution < -0.4 is 10.6 Å². The zero-order chi connectivity index (χ0) is 11.4. The molecule has 1 aliphatic heterocycles. The second-order valence-corrected chi connectivity index (χ2v) is 3.83. The lowest BCUT2D eigenvalue weighted by Crippen LogP contribution is -2.45. The number of nitrogens with one attached hydrogen (secondary N) is 2. The van der Waals surface area contributed by atoms with E-state index in [1.54, 1.807) is 6.07 Å². The fraction of sp³-hybridized carbons (Fsp3) is 0.455. The van der Waals surface area contributed by atoms with Crippen molar-refractivity contribution in [3.63, 3.8) is 0 Å². The predicted molar refractivity (Wildman–Crippen MR) is 59.3 cm³/mol. The van der Waals surface area contributed by atoms with Gasteiger partial charge >= 0.3 is 0 Å². The molecule has 0 radical (unpaired) electrons. The van der Waals surface area contributed by atoms with Gasteiger partial charge in [0.15, 0.2) is 11.6 Å². The molecule has 5 heteroatoms. The van der Waals surface area contributed by atoms with Crippen molar-refractivity contribution < 1.29 is 8.78 Å². The Kier molecular flexibility index (Phi) is 3.69. The maximum absolute atomic E-state index is 12.9. The first-order valence-electron chi connectivity index (χ1n) is 5.38. The van der Waals surface area contributed by atoms with Crippen molar-refractivity contribution >= 4 is 5.69 Å².